The molecule has 2 rings (SSSR count). The number of furan rings is 1. The van der Waals surface area contributed by atoms with Crippen molar-refractivity contribution in [3.63, 3.8) is 0 Å². The highest BCUT2D eigenvalue weighted by Crippen LogP contribution is 2.18. The molecule has 2 heterocycles. The van der Waals surface area contributed by atoms with E-state index in [9.17, 15) is 0 Å². The minimum atomic E-state index is 0.559. The molecule has 0 spiro atoms. The van der Waals surface area contributed by atoms with Crippen LogP contribution in [0.3, 0.4) is 0 Å². The summed E-state index contributed by atoms with van der Waals surface area (Å²) in [5, 5.41) is 13.2. The topological polar surface area (TPSA) is 67.6 Å². The van der Waals surface area contributed by atoms with E-state index in [-0.39, 0.29) is 0 Å². The quantitative estimate of drug-likeness (QED) is 0.646. The molecular weight excluding hydrogens is 144 g/mol. The van der Waals surface area contributed by atoms with E-state index < -0.39 is 0 Å². The van der Waals surface area contributed by atoms with Crippen LogP contribution in [0.5, 0.6) is 0 Å². The van der Waals surface area contributed by atoms with E-state index in [0.717, 1.165) is 5.56 Å². The fourth-order valence-corrected chi connectivity index (χ4v) is 0.825. The van der Waals surface area contributed by atoms with E-state index in [1.54, 1.807) is 12.3 Å². The van der Waals surface area contributed by atoms with Gasteiger partial charge in [0, 0.05) is 6.92 Å². The van der Waals surface area contributed by atoms with Gasteiger partial charge in [-0.3, -0.25) is 0 Å². The molecule has 1 radical (unpaired) electrons. The molecule has 55 valence electrons. The van der Waals surface area contributed by atoms with E-state index in [0.29, 0.717) is 11.6 Å². The maximum absolute atomic E-state index is 4.96. The van der Waals surface area contributed by atoms with Crippen LogP contribution in [0.2, 0.25) is 0 Å². The van der Waals surface area contributed by atoms with Crippen molar-refractivity contribution in [1.82, 2.24) is 20.6 Å². The Bertz CT molecular complexity index is 337. The molecule has 5 heteroatoms. The van der Waals surface area contributed by atoms with E-state index >= 15 is 0 Å². The Hall–Kier alpha value is -1.65. The molecule has 0 amide bonds. The second kappa shape index (κ2) is 2.19. The maximum Gasteiger partial charge on any atom is 0.182 e. The summed E-state index contributed by atoms with van der Waals surface area (Å²) in [6, 6.07) is 1.75. The fourth-order valence-electron chi connectivity index (χ4n) is 0.825. The summed E-state index contributed by atoms with van der Waals surface area (Å²) >= 11 is 0. The molecular formula is C6H5N4O. The molecule has 1 N–H and O–H groups in total. The van der Waals surface area contributed by atoms with Gasteiger partial charge in [0.15, 0.2) is 5.82 Å². The summed E-state index contributed by atoms with van der Waals surface area (Å²) in [7, 11) is 0. The zero-order chi connectivity index (χ0) is 7.68. The second-order valence-electron chi connectivity index (χ2n) is 2.01. The lowest BCUT2D eigenvalue weighted by Gasteiger charge is -1.87. The van der Waals surface area contributed by atoms with E-state index in [1.165, 1.54) is 0 Å². The zero-order valence-electron chi connectivity index (χ0n) is 5.61. The second-order valence-corrected chi connectivity index (χ2v) is 2.01. The minimum Gasteiger partial charge on any atom is -0.469 e. The van der Waals surface area contributed by atoms with Crippen molar-refractivity contribution in [3.8, 4) is 11.4 Å². The number of rotatable bonds is 1. The number of aromatic amines is 1. The predicted octanol–water partition coefficient (Wildman–Crippen LogP) is 0.642. The van der Waals surface area contributed by atoms with Gasteiger partial charge >= 0.3 is 0 Å². The molecule has 0 atom stereocenters. The maximum atomic E-state index is 4.96. The highest BCUT2D eigenvalue weighted by molar-refractivity contribution is 5.56. The number of H-pyrrole nitrogens is 1. The Kier molecular flexibility index (Phi) is 1.21. The molecule has 0 aliphatic carbocycles. The van der Waals surface area contributed by atoms with Crippen LogP contribution in [0, 0.1) is 6.92 Å². The van der Waals surface area contributed by atoms with Crippen LogP contribution in [0.1, 0.15) is 5.76 Å². The number of nitrogens with one attached hydrogen (secondary N) is 1. The third-order valence-electron chi connectivity index (χ3n) is 1.35. The SMILES string of the molecule is [CH2]c1occc1-c1nnn[nH]1. The van der Waals surface area contributed by atoms with E-state index in [4.69, 9.17) is 4.42 Å². The summed E-state index contributed by atoms with van der Waals surface area (Å²) in [6.45, 7) is 3.65. The van der Waals surface area contributed by atoms with Crippen LogP contribution in [0.25, 0.3) is 11.4 Å². The molecule has 0 fully saturated rings. The molecule has 2 aromatic heterocycles. The van der Waals surface area contributed by atoms with Gasteiger partial charge in [0.2, 0.25) is 0 Å². The smallest absolute Gasteiger partial charge is 0.182 e. The lowest BCUT2D eigenvalue weighted by Crippen LogP contribution is -1.79. The molecule has 0 saturated heterocycles. The number of nitrogens with zero attached hydrogens (tertiary/aromatic N) is 3. The van der Waals surface area contributed by atoms with Crippen LogP contribution in [0.4, 0.5) is 0 Å². The molecule has 0 bridgehead atoms. The van der Waals surface area contributed by atoms with Gasteiger partial charge in [0.05, 0.1) is 11.8 Å². The van der Waals surface area contributed by atoms with Crippen molar-refractivity contribution in [1.29, 1.82) is 0 Å². The summed E-state index contributed by atoms with van der Waals surface area (Å²) in [4.78, 5) is 0. The molecule has 0 aliphatic rings. The Balaban J connectivity index is 2.53. The van der Waals surface area contributed by atoms with Gasteiger partial charge < -0.3 is 4.42 Å². The Labute approximate surface area is 62.4 Å². The van der Waals surface area contributed by atoms with Crippen LogP contribution in [-0.2, 0) is 0 Å². The standard InChI is InChI=1S/C6H5N4O/c1-4-5(2-3-11-4)6-7-9-10-8-6/h2-3H,1H2,(H,7,8,9,10). The van der Waals surface area contributed by atoms with E-state index in [1.807, 2.05) is 0 Å². The lowest BCUT2D eigenvalue weighted by atomic mass is 10.2. The average molecular weight is 149 g/mol. The van der Waals surface area contributed by atoms with Gasteiger partial charge in [-0.1, -0.05) is 0 Å². The Morgan fingerprint density at radius 2 is 2.45 bits per heavy atom. The van der Waals surface area contributed by atoms with E-state index in [2.05, 4.69) is 27.5 Å². The van der Waals surface area contributed by atoms with Gasteiger partial charge in [-0.25, -0.2) is 5.10 Å². The number of aromatic nitrogens is 4. The first kappa shape index (κ1) is 6.09. The molecule has 0 saturated carbocycles. The summed E-state index contributed by atoms with van der Waals surface area (Å²) in [6.07, 6.45) is 1.54. The first-order valence-electron chi connectivity index (χ1n) is 3.01. The molecule has 0 unspecified atom stereocenters. The van der Waals surface area contributed by atoms with Crippen LogP contribution in [0.15, 0.2) is 16.7 Å². The van der Waals surface area contributed by atoms with Crippen molar-refractivity contribution in [3.05, 3.63) is 25.0 Å². The normalized spacial score (nSPS) is 10.3. The Morgan fingerprint density at radius 3 is 3.00 bits per heavy atom. The number of tetrazole rings is 1. The van der Waals surface area contributed by atoms with Gasteiger partial charge in [-0.15, -0.1) is 5.10 Å². The highest BCUT2D eigenvalue weighted by Gasteiger charge is 2.06. The Morgan fingerprint density at radius 1 is 1.55 bits per heavy atom. The van der Waals surface area contributed by atoms with Crippen LogP contribution < -0.4 is 0 Å². The third kappa shape index (κ3) is 0.899. The minimum absolute atomic E-state index is 0.559. The summed E-state index contributed by atoms with van der Waals surface area (Å²) in [5.74, 6) is 1.13. The highest BCUT2D eigenvalue weighted by atomic mass is 16.3. The molecule has 11 heavy (non-hydrogen) atoms. The molecule has 0 aromatic carbocycles. The monoisotopic (exact) mass is 149 g/mol. The van der Waals surface area contributed by atoms with Crippen molar-refractivity contribution < 1.29 is 4.42 Å². The number of hydrogen-bond donors (Lipinski definition) is 1. The van der Waals surface area contributed by atoms with Gasteiger partial charge in [-0.05, 0) is 16.5 Å². The van der Waals surface area contributed by atoms with Gasteiger partial charge in [0.25, 0.3) is 0 Å². The van der Waals surface area contributed by atoms with Crippen molar-refractivity contribution >= 4 is 0 Å². The van der Waals surface area contributed by atoms with Crippen LogP contribution in [-0.4, -0.2) is 20.6 Å². The first-order chi connectivity index (χ1) is 5.38. The molecule has 5 nitrogen and oxygen atoms in total. The van der Waals surface area contributed by atoms with Crippen molar-refractivity contribution in [2.45, 2.75) is 0 Å². The third-order valence-corrected chi connectivity index (χ3v) is 1.35. The van der Waals surface area contributed by atoms with Crippen LogP contribution >= 0.6 is 0 Å². The molecule has 0 aliphatic heterocycles. The number of hydrogen-bond acceptors (Lipinski definition) is 4. The lowest BCUT2D eigenvalue weighted by molar-refractivity contribution is 0.549. The first-order valence-corrected chi connectivity index (χ1v) is 3.01. The van der Waals surface area contributed by atoms with Gasteiger partial charge in [-0.2, -0.15) is 0 Å². The largest absolute Gasteiger partial charge is 0.469 e. The van der Waals surface area contributed by atoms with Crippen molar-refractivity contribution in [2.24, 2.45) is 0 Å². The average Bonchev–Trinajstić information content (AvgIpc) is 2.55. The summed E-state index contributed by atoms with van der Waals surface area (Å²) in [5.41, 5.74) is 0.787. The van der Waals surface area contributed by atoms with Gasteiger partial charge in [0.1, 0.15) is 5.76 Å². The fraction of sp³-hybridized carbons (Fsp3) is 0. The summed E-state index contributed by atoms with van der Waals surface area (Å²) < 4.78 is 4.96. The van der Waals surface area contributed by atoms with Crippen molar-refractivity contribution in [2.75, 3.05) is 0 Å². The predicted molar refractivity (Wildman–Crippen MR) is 36.3 cm³/mol. The molecule has 2 aromatic rings. The zero-order valence-corrected chi connectivity index (χ0v) is 5.61.